The normalized spacial score (nSPS) is 15.9. The van der Waals surface area contributed by atoms with E-state index in [1.807, 2.05) is 53.9 Å². The number of nitrogens with one attached hydrogen (secondary N) is 1. The van der Waals surface area contributed by atoms with Crippen molar-refractivity contribution in [2.24, 2.45) is 7.05 Å². The largest absolute Gasteiger partial charge is 0.480 e. The number of aromatic nitrogens is 2. The first-order valence-corrected chi connectivity index (χ1v) is 14.1. The van der Waals surface area contributed by atoms with Crippen molar-refractivity contribution >= 4 is 23.4 Å². The molecule has 1 aromatic heterocycles. The molecule has 2 amide bonds. The summed E-state index contributed by atoms with van der Waals surface area (Å²) in [6.07, 6.45) is -2.52. The van der Waals surface area contributed by atoms with Crippen LogP contribution in [-0.4, -0.2) is 62.8 Å². The second-order valence-corrected chi connectivity index (χ2v) is 10.9. The zero-order chi connectivity index (χ0) is 30.6. The van der Waals surface area contributed by atoms with Crippen molar-refractivity contribution in [1.29, 1.82) is 0 Å². The molecule has 3 aromatic rings. The van der Waals surface area contributed by atoms with Crippen LogP contribution in [0.25, 0.3) is 11.3 Å². The molecule has 1 aliphatic heterocycles. The number of carbonyl (C=O) groups is 2. The van der Waals surface area contributed by atoms with Crippen molar-refractivity contribution in [1.82, 2.24) is 19.8 Å². The van der Waals surface area contributed by atoms with Crippen LogP contribution in [0.4, 0.5) is 13.2 Å². The second kappa shape index (κ2) is 13.2. The number of aryl methyl sites for hydroxylation is 1. The van der Waals surface area contributed by atoms with Gasteiger partial charge >= 0.3 is 6.18 Å². The molecule has 0 aliphatic carbocycles. The van der Waals surface area contributed by atoms with E-state index in [1.54, 1.807) is 0 Å². The summed E-state index contributed by atoms with van der Waals surface area (Å²) >= 11 is 6.09. The highest BCUT2D eigenvalue weighted by Gasteiger charge is 2.38. The van der Waals surface area contributed by atoms with Gasteiger partial charge in [-0.15, -0.1) is 0 Å². The quantitative estimate of drug-likeness (QED) is 0.301. The third-order valence-corrected chi connectivity index (χ3v) is 7.66. The standard InChI is InChI=1S/C30H34ClF3N4O4/c1-18(38-13-4-5-27(38)40)28-36-25(17-37(28)3)21-8-6-20(7-9-21)15-23(12-14-39)35-29(41)22-10-11-26(24(31)16-22)42-19(2)30(32,33)34/h6-11,16-19,23,39H,4-5,12-15H2,1-3H3,(H,35,41)/t18-,19-,23-/m1/s1. The zero-order valence-electron chi connectivity index (χ0n) is 23.6. The molecule has 1 fully saturated rings. The zero-order valence-corrected chi connectivity index (χ0v) is 24.4. The fraction of sp³-hybridized carbons (Fsp3) is 0.433. The summed E-state index contributed by atoms with van der Waals surface area (Å²) in [6, 6.07) is 11.0. The van der Waals surface area contributed by atoms with Gasteiger partial charge in [-0.25, -0.2) is 4.98 Å². The third-order valence-electron chi connectivity index (χ3n) is 7.37. The summed E-state index contributed by atoms with van der Waals surface area (Å²) in [5.41, 5.74) is 2.76. The number of hydrogen-bond donors (Lipinski definition) is 2. The van der Waals surface area contributed by atoms with E-state index in [0.717, 1.165) is 42.5 Å². The first-order chi connectivity index (χ1) is 19.9. The van der Waals surface area contributed by atoms with Crippen molar-refractivity contribution in [2.45, 2.75) is 63.9 Å². The fourth-order valence-corrected chi connectivity index (χ4v) is 5.19. The molecule has 12 heteroatoms. The molecule has 42 heavy (non-hydrogen) atoms. The number of likely N-dealkylation sites (tertiary alicyclic amines) is 1. The Bertz CT molecular complexity index is 1410. The Morgan fingerprint density at radius 1 is 1.19 bits per heavy atom. The average molecular weight is 607 g/mol. The summed E-state index contributed by atoms with van der Waals surface area (Å²) in [6.45, 7) is 3.44. The lowest BCUT2D eigenvalue weighted by Gasteiger charge is -2.23. The number of hydrogen-bond acceptors (Lipinski definition) is 5. The van der Waals surface area contributed by atoms with Gasteiger partial charge < -0.3 is 24.6 Å². The summed E-state index contributed by atoms with van der Waals surface area (Å²) in [7, 11) is 1.91. The van der Waals surface area contributed by atoms with Gasteiger partial charge in [0.25, 0.3) is 5.91 Å². The Morgan fingerprint density at radius 3 is 2.50 bits per heavy atom. The highest BCUT2D eigenvalue weighted by molar-refractivity contribution is 6.32. The molecule has 0 radical (unpaired) electrons. The van der Waals surface area contributed by atoms with E-state index in [0.29, 0.717) is 19.3 Å². The molecule has 8 nitrogen and oxygen atoms in total. The number of alkyl halides is 3. The predicted octanol–water partition coefficient (Wildman–Crippen LogP) is 5.48. The topological polar surface area (TPSA) is 96.7 Å². The highest BCUT2D eigenvalue weighted by Crippen LogP contribution is 2.31. The van der Waals surface area contributed by atoms with Crippen LogP contribution in [0, 0.1) is 0 Å². The number of imidazole rings is 1. The van der Waals surface area contributed by atoms with E-state index < -0.39 is 24.2 Å². The van der Waals surface area contributed by atoms with Crippen molar-refractivity contribution < 1.29 is 32.6 Å². The molecular weight excluding hydrogens is 573 g/mol. The molecule has 2 N–H and O–H groups in total. The molecule has 3 atom stereocenters. The van der Waals surface area contributed by atoms with Gasteiger partial charge in [-0.3, -0.25) is 9.59 Å². The van der Waals surface area contributed by atoms with Gasteiger partial charge in [-0.2, -0.15) is 13.2 Å². The average Bonchev–Trinajstić information content (AvgIpc) is 3.54. The van der Waals surface area contributed by atoms with Crippen LogP contribution < -0.4 is 10.1 Å². The van der Waals surface area contributed by atoms with Crippen LogP contribution in [0.15, 0.2) is 48.7 Å². The third kappa shape index (κ3) is 7.43. The molecule has 2 heterocycles. The molecule has 0 unspecified atom stereocenters. The van der Waals surface area contributed by atoms with Gasteiger partial charge in [0.05, 0.1) is 16.8 Å². The molecule has 0 spiro atoms. The maximum Gasteiger partial charge on any atom is 0.425 e. The van der Waals surface area contributed by atoms with Gasteiger partial charge in [-0.05, 0) is 56.9 Å². The predicted molar refractivity (Wildman–Crippen MR) is 152 cm³/mol. The number of benzene rings is 2. The SMILES string of the molecule is C[C@H](c1nc(-c2ccc(C[C@@H](CCO)NC(=O)c3ccc(O[C@H](C)C(F)(F)F)c(Cl)c3)cc2)cn1C)N1CCCC1=O. The van der Waals surface area contributed by atoms with Crippen LogP contribution in [-0.2, 0) is 18.3 Å². The van der Waals surface area contributed by atoms with Crippen LogP contribution in [0.2, 0.25) is 5.02 Å². The number of rotatable bonds is 11. The number of aliphatic hydroxyl groups is 1. The van der Waals surface area contributed by atoms with Gasteiger partial charge in [0.2, 0.25) is 5.91 Å². The number of nitrogens with zero attached hydrogens (tertiary/aromatic N) is 3. The summed E-state index contributed by atoms with van der Waals surface area (Å²) < 4.78 is 45.3. The molecule has 1 aliphatic rings. The minimum atomic E-state index is -4.55. The number of halogens is 4. The Morgan fingerprint density at radius 2 is 1.90 bits per heavy atom. The van der Waals surface area contributed by atoms with E-state index in [1.165, 1.54) is 18.2 Å². The monoisotopic (exact) mass is 606 g/mol. The van der Waals surface area contributed by atoms with Crippen molar-refractivity contribution in [3.63, 3.8) is 0 Å². The fourth-order valence-electron chi connectivity index (χ4n) is 4.97. The molecule has 226 valence electrons. The summed E-state index contributed by atoms with van der Waals surface area (Å²) in [4.78, 5) is 31.7. The number of aliphatic hydroxyl groups excluding tert-OH is 1. The lowest BCUT2D eigenvalue weighted by molar-refractivity contribution is -0.189. The number of amides is 2. The van der Waals surface area contributed by atoms with E-state index in [9.17, 15) is 27.9 Å². The van der Waals surface area contributed by atoms with Crippen molar-refractivity contribution in [2.75, 3.05) is 13.2 Å². The van der Waals surface area contributed by atoms with Gasteiger partial charge in [0.15, 0.2) is 6.10 Å². The van der Waals surface area contributed by atoms with Crippen LogP contribution >= 0.6 is 11.6 Å². The number of ether oxygens (including phenoxy) is 1. The Balaban J connectivity index is 1.40. The minimum absolute atomic E-state index is 0.118. The van der Waals surface area contributed by atoms with Crippen LogP contribution in [0.1, 0.15) is 60.9 Å². The summed E-state index contributed by atoms with van der Waals surface area (Å²) in [5, 5.41) is 12.3. The Hall–Kier alpha value is -3.57. The van der Waals surface area contributed by atoms with Gasteiger partial charge in [0, 0.05) is 50.0 Å². The van der Waals surface area contributed by atoms with E-state index in [-0.39, 0.29) is 34.9 Å². The smallest absolute Gasteiger partial charge is 0.425 e. The molecule has 4 rings (SSSR count). The molecule has 0 bridgehead atoms. The Labute approximate surface area is 247 Å². The van der Waals surface area contributed by atoms with Gasteiger partial charge in [-0.1, -0.05) is 35.9 Å². The molecule has 1 saturated heterocycles. The maximum atomic E-state index is 12.9. The summed E-state index contributed by atoms with van der Waals surface area (Å²) in [5.74, 6) is 0.299. The molecule has 2 aromatic carbocycles. The maximum absolute atomic E-state index is 12.9. The van der Waals surface area contributed by atoms with E-state index in [4.69, 9.17) is 21.3 Å². The molecule has 0 saturated carbocycles. The van der Waals surface area contributed by atoms with Crippen LogP contribution in [0.5, 0.6) is 5.75 Å². The lowest BCUT2D eigenvalue weighted by Crippen LogP contribution is -2.37. The molecular formula is C30H34ClF3N4O4. The second-order valence-electron chi connectivity index (χ2n) is 10.5. The number of carbonyl (C=O) groups excluding carboxylic acids is 2. The Kier molecular flexibility index (Phi) is 9.83. The minimum Gasteiger partial charge on any atom is -0.480 e. The van der Waals surface area contributed by atoms with E-state index >= 15 is 0 Å². The highest BCUT2D eigenvalue weighted by atomic mass is 35.5. The van der Waals surface area contributed by atoms with Crippen molar-refractivity contribution in [3.8, 4) is 17.0 Å². The van der Waals surface area contributed by atoms with Crippen LogP contribution in [0.3, 0.4) is 0 Å². The lowest BCUT2D eigenvalue weighted by atomic mass is 10.0. The first kappa shape index (κ1) is 31.4. The van der Waals surface area contributed by atoms with E-state index in [2.05, 4.69) is 5.32 Å². The first-order valence-electron chi connectivity index (χ1n) is 13.7. The van der Waals surface area contributed by atoms with Crippen molar-refractivity contribution in [3.05, 3.63) is 70.6 Å². The van der Waals surface area contributed by atoms with Gasteiger partial charge in [0.1, 0.15) is 11.6 Å².